The monoisotopic (exact) mass is 997 g/mol. The Morgan fingerprint density at radius 2 is 1.62 bits per heavy atom. The SMILES string of the molecule is CCCCCCCC/C=C\CCC/C=C/C(=O)SCCNC(=O)CCNC(=O)[C@H](O)C(C)(C)COP(=O)([O-])OP(=O)([O-])OC[C@H]1O[C@@H](n2cnc3c(N)ncnc32)[C@H](O)[C@@H]1OP(=O)([O-])[O-]. The number of ether oxygens (including phenoxy) is 1. The summed E-state index contributed by atoms with van der Waals surface area (Å²) in [4.78, 5) is 96.6. The molecule has 1 aliphatic rings. The number of thioether (sulfide) groups is 1. The Morgan fingerprint density at radius 1 is 0.954 bits per heavy atom. The number of allylic oxidation sites excluding steroid dienone is 3. The minimum atomic E-state index is -5.92. The molecule has 0 radical (unpaired) electrons. The fourth-order valence-corrected chi connectivity index (χ4v) is 9.45. The van der Waals surface area contributed by atoms with E-state index in [-0.39, 0.29) is 41.6 Å². The second-order valence-corrected chi connectivity index (χ2v) is 20.7. The first-order chi connectivity index (χ1) is 30.6. The third kappa shape index (κ3) is 20.4. The summed E-state index contributed by atoms with van der Waals surface area (Å²) in [5.74, 6) is -1.23. The summed E-state index contributed by atoms with van der Waals surface area (Å²) in [6, 6.07) is 0. The number of unbranched alkanes of at least 4 members (excludes halogenated alkanes) is 8. The quantitative estimate of drug-likeness (QED) is 0.0306. The van der Waals surface area contributed by atoms with Gasteiger partial charge in [0.05, 0.1) is 27.4 Å². The molecule has 1 aliphatic heterocycles. The van der Waals surface area contributed by atoms with Crippen molar-refractivity contribution < 1.29 is 80.5 Å². The molecule has 2 aromatic rings. The Hall–Kier alpha value is -2.96. The van der Waals surface area contributed by atoms with Crippen molar-refractivity contribution in [2.75, 3.05) is 37.8 Å². The molecule has 28 heteroatoms. The van der Waals surface area contributed by atoms with Crippen LogP contribution in [0.25, 0.3) is 11.2 Å². The second kappa shape index (κ2) is 27.1. The van der Waals surface area contributed by atoms with Gasteiger partial charge in [-0.15, -0.1) is 0 Å². The van der Waals surface area contributed by atoms with E-state index in [1.54, 1.807) is 0 Å². The highest BCUT2D eigenvalue weighted by Crippen LogP contribution is 2.56. The first-order valence-corrected chi connectivity index (χ1v) is 26.2. The number of nitrogens with zero attached hydrogens (tertiary/aromatic N) is 4. The van der Waals surface area contributed by atoms with E-state index < -0.39 is 84.6 Å². The van der Waals surface area contributed by atoms with E-state index in [1.807, 2.05) is 6.08 Å². The van der Waals surface area contributed by atoms with Crippen LogP contribution in [-0.4, -0.2) is 103 Å². The molecule has 65 heavy (non-hydrogen) atoms. The number of hydrogen-bond donors (Lipinski definition) is 5. The van der Waals surface area contributed by atoms with Gasteiger partial charge in [0.15, 0.2) is 17.7 Å². The molecule has 6 N–H and O–H groups in total. The van der Waals surface area contributed by atoms with Crippen LogP contribution in [0.15, 0.2) is 37.0 Å². The van der Waals surface area contributed by atoms with E-state index in [4.69, 9.17) is 10.5 Å². The minimum Gasteiger partial charge on any atom is -0.790 e. The molecule has 0 aromatic carbocycles. The van der Waals surface area contributed by atoms with Gasteiger partial charge in [0.1, 0.15) is 36.3 Å². The number of imidazole rings is 1. The fourth-order valence-electron chi connectivity index (χ4n) is 6.12. The van der Waals surface area contributed by atoms with Crippen LogP contribution < -0.4 is 35.9 Å². The number of anilines is 1. The zero-order valence-electron chi connectivity index (χ0n) is 36.3. The lowest BCUT2D eigenvalue weighted by molar-refractivity contribution is -0.347. The summed E-state index contributed by atoms with van der Waals surface area (Å²) in [7, 11) is -17.6. The number of aromatic nitrogens is 4. The van der Waals surface area contributed by atoms with Crippen molar-refractivity contribution in [3.63, 3.8) is 0 Å². The number of phosphoric ester groups is 3. The Kier molecular flexibility index (Phi) is 23.5. The molecule has 3 heterocycles. The maximum atomic E-state index is 12.6. The number of nitrogens with two attached hydrogens (primary N) is 1. The molecule has 2 aromatic heterocycles. The van der Waals surface area contributed by atoms with Crippen molar-refractivity contribution in [1.82, 2.24) is 30.2 Å². The first kappa shape index (κ1) is 56.4. The van der Waals surface area contributed by atoms with E-state index in [1.165, 1.54) is 58.4 Å². The summed E-state index contributed by atoms with van der Waals surface area (Å²) in [5, 5.41) is 26.2. The molecule has 3 rings (SSSR count). The number of fused-ring (bicyclic) bond motifs is 1. The standard InChI is InChI=1S/C37H62N7O17P3S/c1-4-5-6-7-8-9-10-11-12-13-14-15-16-17-28(46)65-21-20-39-27(45)18-19-40-35(49)32(48)37(2,3)23-58-64(55,56)61-63(53,54)57-22-26-31(60-62(50,51)52)30(47)36(59-26)44-25-43-29-33(38)41-24-42-34(29)44/h11-12,16-17,24-26,30-32,36,47-48H,4-10,13-15,18-23H2,1-3H3,(H,39,45)(H,40,49)(H,53,54)(H,55,56)(H2,38,41,42)(H2,50,51,52)/p-4/b12-11-,17-16+/t26-,30-,31-,32+,36-/m1/s1. The van der Waals surface area contributed by atoms with Crippen molar-refractivity contribution in [2.45, 2.75) is 122 Å². The lowest BCUT2D eigenvalue weighted by Gasteiger charge is -2.36. The highest BCUT2D eigenvalue weighted by Gasteiger charge is 2.47. The molecule has 0 bridgehead atoms. The largest absolute Gasteiger partial charge is 0.790 e. The Bertz CT molecular complexity index is 2050. The topological polar surface area (TPSA) is 375 Å². The van der Waals surface area contributed by atoms with E-state index in [2.05, 4.69) is 62.5 Å². The number of phosphoric acid groups is 3. The summed E-state index contributed by atoms with van der Waals surface area (Å²) >= 11 is 1.04. The molecule has 2 amide bonds. The van der Waals surface area contributed by atoms with Crippen LogP contribution >= 0.6 is 35.2 Å². The van der Waals surface area contributed by atoms with Crippen LogP contribution in [0.2, 0.25) is 0 Å². The molecule has 0 saturated carbocycles. The minimum absolute atomic E-state index is 0.0207. The molecule has 0 aliphatic carbocycles. The molecule has 24 nitrogen and oxygen atoms in total. The summed E-state index contributed by atoms with van der Waals surface area (Å²) in [6.07, 6.45) is 11.5. The van der Waals surface area contributed by atoms with Gasteiger partial charge in [-0.3, -0.25) is 28.1 Å². The van der Waals surface area contributed by atoms with Crippen LogP contribution in [0, 0.1) is 5.41 Å². The number of nitrogens with one attached hydrogen (secondary N) is 2. The van der Waals surface area contributed by atoms with Crippen LogP contribution in [0.5, 0.6) is 0 Å². The van der Waals surface area contributed by atoms with Gasteiger partial charge in [0.25, 0.3) is 15.6 Å². The number of nitrogen functional groups attached to an aromatic ring is 1. The first-order valence-electron chi connectivity index (χ1n) is 20.9. The molecule has 368 valence electrons. The maximum Gasteiger partial charge on any atom is 0.274 e. The highest BCUT2D eigenvalue weighted by molar-refractivity contribution is 8.14. The molecule has 1 saturated heterocycles. The number of hydrogen-bond acceptors (Lipinski definition) is 22. The predicted molar refractivity (Wildman–Crippen MR) is 228 cm³/mol. The smallest absolute Gasteiger partial charge is 0.274 e. The van der Waals surface area contributed by atoms with Crippen LogP contribution in [-0.2, 0) is 50.7 Å². The Labute approximate surface area is 381 Å². The van der Waals surface area contributed by atoms with Crippen LogP contribution in [0.3, 0.4) is 0 Å². The van der Waals surface area contributed by atoms with Crippen molar-refractivity contribution in [3.05, 3.63) is 37.0 Å². The van der Waals surface area contributed by atoms with E-state index in [0.717, 1.165) is 54.7 Å². The van der Waals surface area contributed by atoms with Crippen molar-refractivity contribution in [2.24, 2.45) is 5.41 Å². The third-order valence-corrected chi connectivity index (χ3v) is 13.4. The molecular formula is C37H58N7O17P3S-4. The third-order valence-electron chi connectivity index (χ3n) is 9.61. The van der Waals surface area contributed by atoms with Gasteiger partial charge in [-0.25, -0.2) is 19.3 Å². The van der Waals surface area contributed by atoms with Gasteiger partial charge >= 0.3 is 0 Å². The van der Waals surface area contributed by atoms with E-state index in [0.29, 0.717) is 5.75 Å². The fraction of sp³-hybridized carbons (Fsp3) is 0.676. The highest BCUT2D eigenvalue weighted by atomic mass is 32.2. The molecule has 7 atom stereocenters. The van der Waals surface area contributed by atoms with Gasteiger partial charge in [-0.1, -0.05) is 82.9 Å². The summed E-state index contributed by atoms with van der Waals surface area (Å²) < 4.78 is 60.7. The number of aliphatic hydroxyl groups excluding tert-OH is 2. The summed E-state index contributed by atoms with van der Waals surface area (Å²) in [5.41, 5.74) is 4.08. The zero-order chi connectivity index (χ0) is 48.3. The van der Waals surface area contributed by atoms with E-state index >= 15 is 0 Å². The second-order valence-electron chi connectivity index (χ2n) is 15.5. The van der Waals surface area contributed by atoms with Crippen molar-refractivity contribution >= 4 is 69.1 Å². The lowest BCUT2D eigenvalue weighted by Crippen LogP contribution is -2.46. The van der Waals surface area contributed by atoms with Crippen molar-refractivity contribution in [1.29, 1.82) is 0 Å². The summed E-state index contributed by atoms with van der Waals surface area (Å²) in [6.45, 7) is 2.30. The van der Waals surface area contributed by atoms with Gasteiger partial charge in [-0.05, 0) is 38.2 Å². The number of aliphatic hydroxyl groups is 2. The van der Waals surface area contributed by atoms with E-state index in [9.17, 15) is 57.9 Å². The maximum absolute atomic E-state index is 12.6. The molecule has 2 unspecified atom stereocenters. The van der Waals surface area contributed by atoms with Crippen molar-refractivity contribution in [3.8, 4) is 0 Å². The van der Waals surface area contributed by atoms with Crippen LogP contribution in [0.1, 0.15) is 97.6 Å². The predicted octanol–water partition coefficient (Wildman–Crippen LogP) is 1.17. The lowest BCUT2D eigenvalue weighted by atomic mass is 9.87. The number of rotatable bonds is 31. The molecular weight excluding hydrogens is 939 g/mol. The number of carbonyl (C=O) groups is 3. The van der Waals surface area contributed by atoms with Crippen LogP contribution in [0.4, 0.5) is 5.82 Å². The number of amides is 2. The zero-order valence-corrected chi connectivity index (χ0v) is 39.8. The van der Waals surface area contributed by atoms with Gasteiger partial charge < -0.3 is 69.0 Å². The Morgan fingerprint density at radius 3 is 2.32 bits per heavy atom. The number of carbonyl (C=O) groups excluding carboxylic acids is 3. The Balaban J connectivity index is 1.35. The average Bonchev–Trinajstić information content (AvgIpc) is 3.79. The normalized spacial score (nSPS) is 20.6. The molecule has 0 spiro atoms. The van der Waals surface area contributed by atoms with Gasteiger partial charge in [0.2, 0.25) is 16.9 Å². The van der Waals surface area contributed by atoms with Gasteiger partial charge in [-0.2, -0.15) is 0 Å². The average molecular weight is 998 g/mol. The molecule has 1 fully saturated rings. The van der Waals surface area contributed by atoms with Gasteiger partial charge in [0, 0.05) is 30.7 Å².